The molecule has 7 heteroatoms. The molecular formula is C18H33N5O2. The number of nitrogens with zero attached hydrogens (tertiary/aromatic N) is 3. The average molecular weight is 351 g/mol. The molecule has 0 aromatic heterocycles. The Morgan fingerprint density at radius 3 is 2.00 bits per heavy atom. The van der Waals surface area contributed by atoms with E-state index in [0.29, 0.717) is 12.1 Å². The van der Waals surface area contributed by atoms with Gasteiger partial charge in [-0.3, -0.25) is 5.32 Å². The zero-order valence-electron chi connectivity index (χ0n) is 15.9. The van der Waals surface area contributed by atoms with Crippen LogP contribution in [0.15, 0.2) is 4.99 Å². The summed E-state index contributed by atoms with van der Waals surface area (Å²) in [5.41, 5.74) is 0. The van der Waals surface area contributed by atoms with Crippen LogP contribution in [0.2, 0.25) is 0 Å². The van der Waals surface area contributed by atoms with Gasteiger partial charge in [-0.25, -0.2) is 19.4 Å². The van der Waals surface area contributed by atoms with Crippen molar-refractivity contribution in [2.24, 2.45) is 4.99 Å². The number of nitrogens with one attached hydrogen (secondary N) is 2. The highest BCUT2D eigenvalue weighted by Crippen LogP contribution is 2.34. The van der Waals surface area contributed by atoms with Crippen molar-refractivity contribution in [1.82, 2.24) is 20.4 Å². The summed E-state index contributed by atoms with van der Waals surface area (Å²) in [5.74, 6) is -1.13. The molecule has 2 atom stereocenters. The number of amides is 2. The Labute approximate surface area is 151 Å². The Balaban J connectivity index is 2.49. The van der Waals surface area contributed by atoms with E-state index in [9.17, 15) is 9.59 Å². The molecule has 2 heterocycles. The molecule has 7 nitrogen and oxygen atoms in total. The van der Waals surface area contributed by atoms with Gasteiger partial charge in [-0.1, -0.05) is 26.7 Å². The molecule has 2 aliphatic rings. The molecule has 0 spiro atoms. The van der Waals surface area contributed by atoms with Crippen LogP contribution >= 0.6 is 0 Å². The minimum absolute atomic E-state index is 0.294. The summed E-state index contributed by atoms with van der Waals surface area (Å²) in [5, 5.41) is 5.65. The van der Waals surface area contributed by atoms with Gasteiger partial charge in [0.1, 0.15) is 0 Å². The van der Waals surface area contributed by atoms with E-state index in [2.05, 4.69) is 39.3 Å². The molecule has 2 rings (SSSR count). The van der Waals surface area contributed by atoms with E-state index in [4.69, 9.17) is 0 Å². The standard InChI is InChI=1S/C18H33N5O2/c1-4-15-10-6-8-12-22(15)18(20-14-24,21-17(25)19-3)23-13-9-7-11-16(23)5-2/h15-16H,4-13H2,1-3H3,(H2,19,21,25). The van der Waals surface area contributed by atoms with E-state index in [1.54, 1.807) is 13.1 Å². The maximum atomic E-state index is 12.3. The van der Waals surface area contributed by atoms with E-state index in [-0.39, 0.29) is 6.03 Å². The second-order valence-electron chi connectivity index (χ2n) is 7.05. The number of aliphatic imine (C=N–C) groups is 1. The lowest BCUT2D eigenvalue weighted by molar-refractivity contribution is -0.131. The Bertz CT molecular complexity index is 468. The number of likely N-dealkylation sites (tertiary alicyclic amines) is 2. The first kappa shape index (κ1) is 19.9. The Morgan fingerprint density at radius 1 is 1.08 bits per heavy atom. The van der Waals surface area contributed by atoms with Crippen molar-refractivity contribution in [3.8, 4) is 0 Å². The molecule has 2 fully saturated rings. The normalized spacial score (nSPS) is 27.8. The monoisotopic (exact) mass is 351 g/mol. The quantitative estimate of drug-likeness (QED) is 0.569. The Hall–Kier alpha value is -1.43. The third kappa shape index (κ3) is 4.22. The van der Waals surface area contributed by atoms with Crippen LogP contribution in [-0.2, 0) is 4.79 Å². The van der Waals surface area contributed by atoms with Gasteiger partial charge in [0.25, 0.3) is 5.91 Å². The lowest BCUT2D eigenvalue weighted by Gasteiger charge is -2.54. The maximum absolute atomic E-state index is 12.3. The Kier molecular flexibility index (Phi) is 7.41. The molecule has 2 aliphatic heterocycles. The van der Waals surface area contributed by atoms with Crippen LogP contribution < -0.4 is 10.6 Å². The highest BCUT2D eigenvalue weighted by atomic mass is 16.2. The molecule has 0 aromatic carbocycles. The molecule has 142 valence electrons. The van der Waals surface area contributed by atoms with Crippen molar-refractivity contribution in [1.29, 1.82) is 0 Å². The molecule has 2 N–H and O–H groups in total. The highest BCUT2D eigenvalue weighted by Gasteiger charge is 2.50. The van der Waals surface area contributed by atoms with Crippen molar-refractivity contribution < 1.29 is 9.59 Å². The van der Waals surface area contributed by atoms with E-state index < -0.39 is 5.91 Å². The average Bonchev–Trinajstić information content (AvgIpc) is 2.67. The SMILES string of the molecule is CCC1CCCCN1C(N=C=O)(NC(=O)NC)N1CCCCC1CC. The number of carbonyl (C=O) groups excluding carboxylic acids is 2. The van der Waals surface area contributed by atoms with Crippen molar-refractivity contribution >= 4 is 12.1 Å². The topological polar surface area (TPSA) is 77.0 Å². The molecule has 0 aromatic rings. The largest absolute Gasteiger partial charge is 0.341 e. The summed E-state index contributed by atoms with van der Waals surface area (Å²) >= 11 is 0. The summed E-state index contributed by atoms with van der Waals surface area (Å²) < 4.78 is 0. The van der Waals surface area contributed by atoms with Crippen molar-refractivity contribution in [2.75, 3.05) is 20.1 Å². The second kappa shape index (κ2) is 9.32. The fourth-order valence-corrected chi connectivity index (χ4v) is 4.41. The van der Waals surface area contributed by atoms with Crippen LogP contribution in [0.1, 0.15) is 65.2 Å². The van der Waals surface area contributed by atoms with Crippen LogP contribution in [0.5, 0.6) is 0 Å². The predicted octanol–water partition coefficient (Wildman–Crippen LogP) is 2.39. The second-order valence-corrected chi connectivity index (χ2v) is 7.05. The summed E-state index contributed by atoms with van der Waals surface area (Å²) in [6, 6.07) is 0.268. The molecule has 2 unspecified atom stereocenters. The predicted molar refractivity (Wildman–Crippen MR) is 97.7 cm³/mol. The van der Waals surface area contributed by atoms with Gasteiger partial charge < -0.3 is 5.32 Å². The van der Waals surface area contributed by atoms with Crippen LogP contribution in [-0.4, -0.2) is 60.0 Å². The summed E-state index contributed by atoms with van der Waals surface area (Å²) in [6.07, 6.45) is 10.3. The number of hydrogen-bond donors (Lipinski definition) is 2. The Morgan fingerprint density at radius 2 is 1.60 bits per heavy atom. The molecule has 0 radical (unpaired) electrons. The first-order valence-corrected chi connectivity index (χ1v) is 9.75. The minimum Gasteiger partial charge on any atom is -0.341 e. The first-order valence-electron chi connectivity index (χ1n) is 9.75. The number of hydrogen-bond acceptors (Lipinski definition) is 5. The van der Waals surface area contributed by atoms with Gasteiger partial charge in [-0.2, -0.15) is 0 Å². The van der Waals surface area contributed by atoms with Crippen LogP contribution in [0.3, 0.4) is 0 Å². The van der Waals surface area contributed by atoms with Crippen molar-refractivity contribution in [3.63, 3.8) is 0 Å². The summed E-state index contributed by atoms with van der Waals surface area (Å²) in [6.45, 7) is 5.96. The van der Waals surface area contributed by atoms with Gasteiger partial charge in [-0.15, -0.1) is 4.99 Å². The van der Waals surface area contributed by atoms with Crippen molar-refractivity contribution in [3.05, 3.63) is 0 Å². The van der Waals surface area contributed by atoms with Gasteiger partial charge in [-0.05, 0) is 38.5 Å². The van der Waals surface area contributed by atoms with E-state index >= 15 is 0 Å². The third-order valence-electron chi connectivity index (χ3n) is 5.71. The van der Waals surface area contributed by atoms with Gasteiger partial charge in [0, 0.05) is 32.2 Å². The zero-order chi connectivity index (χ0) is 18.3. The minimum atomic E-state index is -1.13. The van der Waals surface area contributed by atoms with Crippen molar-refractivity contribution in [2.45, 2.75) is 83.2 Å². The molecule has 0 aliphatic carbocycles. The first-order chi connectivity index (χ1) is 12.1. The highest BCUT2D eigenvalue weighted by molar-refractivity contribution is 5.74. The number of carbonyl (C=O) groups is 1. The number of isocyanates is 1. The van der Waals surface area contributed by atoms with E-state index in [0.717, 1.165) is 51.6 Å². The molecule has 2 saturated heterocycles. The number of rotatable bonds is 6. The van der Waals surface area contributed by atoms with Gasteiger partial charge in [0.15, 0.2) is 0 Å². The van der Waals surface area contributed by atoms with Crippen LogP contribution in [0.4, 0.5) is 4.79 Å². The lowest BCUT2D eigenvalue weighted by atomic mass is 9.96. The molecule has 0 bridgehead atoms. The molecule has 0 saturated carbocycles. The van der Waals surface area contributed by atoms with Gasteiger partial charge in [0.2, 0.25) is 6.08 Å². The molecule has 2 amide bonds. The molecule has 25 heavy (non-hydrogen) atoms. The van der Waals surface area contributed by atoms with E-state index in [1.807, 2.05) is 0 Å². The number of piperidine rings is 2. The summed E-state index contributed by atoms with van der Waals surface area (Å²) in [4.78, 5) is 32.5. The third-order valence-corrected chi connectivity index (χ3v) is 5.71. The zero-order valence-corrected chi connectivity index (χ0v) is 15.9. The van der Waals surface area contributed by atoms with Crippen LogP contribution in [0, 0.1) is 0 Å². The fraction of sp³-hybridized carbons (Fsp3) is 0.889. The maximum Gasteiger partial charge on any atom is 0.318 e. The molecular weight excluding hydrogens is 318 g/mol. The number of urea groups is 1. The van der Waals surface area contributed by atoms with Gasteiger partial charge >= 0.3 is 6.03 Å². The fourth-order valence-electron chi connectivity index (χ4n) is 4.41. The smallest absolute Gasteiger partial charge is 0.318 e. The lowest BCUT2D eigenvalue weighted by Crippen LogP contribution is -2.74. The van der Waals surface area contributed by atoms with Gasteiger partial charge in [0.05, 0.1) is 0 Å². The van der Waals surface area contributed by atoms with E-state index in [1.165, 1.54) is 12.8 Å². The summed E-state index contributed by atoms with van der Waals surface area (Å²) in [7, 11) is 1.59. The van der Waals surface area contributed by atoms with Crippen LogP contribution in [0.25, 0.3) is 0 Å².